The van der Waals surface area contributed by atoms with Crippen LogP contribution in [0.2, 0.25) is 0 Å². The number of aliphatic hydroxyl groups is 1. The van der Waals surface area contributed by atoms with E-state index < -0.39 is 6.10 Å². The van der Waals surface area contributed by atoms with Gasteiger partial charge in [0.1, 0.15) is 17.4 Å². The molecule has 2 heteroatoms. The summed E-state index contributed by atoms with van der Waals surface area (Å²) < 4.78 is 5.68. The summed E-state index contributed by atoms with van der Waals surface area (Å²) in [7, 11) is 0. The van der Waals surface area contributed by atoms with E-state index in [1.807, 2.05) is 18.2 Å². The Balaban J connectivity index is 2.30. The van der Waals surface area contributed by atoms with Crippen LogP contribution in [-0.4, -0.2) is 5.11 Å². The van der Waals surface area contributed by atoms with E-state index in [0.29, 0.717) is 12.2 Å². The van der Waals surface area contributed by atoms with Gasteiger partial charge < -0.3 is 9.52 Å². The van der Waals surface area contributed by atoms with Crippen molar-refractivity contribution < 1.29 is 9.52 Å². The van der Waals surface area contributed by atoms with Gasteiger partial charge in [-0.1, -0.05) is 32.4 Å². The zero-order valence-electron chi connectivity index (χ0n) is 10.9. The summed E-state index contributed by atoms with van der Waals surface area (Å²) in [6.07, 6.45) is 0.175. The minimum absolute atomic E-state index is 0.0916. The lowest BCUT2D eigenvalue weighted by Crippen LogP contribution is -2.10. The number of aryl methyl sites for hydroxylation is 1. The van der Waals surface area contributed by atoms with Gasteiger partial charge in [-0.3, -0.25) is 0 Å². The fourth-order valence-electron chi connectivity index (χ4n) is 2.03. The van der Waals surface area contributed by atoms with Crippen molar-refractivity contribution in [1.82, 2.24) is 0 Å². The van der Waals surface area contributed by atoms with Crippen LogP contribution in [0.15, 0.2) is 28.7 Å². The summed E-state index contributed by atoms with van der Waals surface area (Å²) in [6, 6.07) is 7.99. The molecule has 0 spiro atoms. The van der Waals surface area contributed by atoms with Crippen LogP contribution in [0.25, 0.3) is 11.0 Å². The Morgan fingerprint density at radius 1 is 1.24 bits per heavy atom. The third kappa shape index (κ3) is 2.89. The maximum atomic E-state index is 10.1. The van der Waals surface area contributed by atoms with Crippen LogP contribution >= 0.6 is 0 Å². The molecule has 0 saturated carbocycles. The van der Waals surface area contributed by atoms with Crippen LogP contribution in [0.4, 0.5) is 0 Å². The van der Waals surface area contributed by atoms with Crippen LogP contribution in [0.3, 0.4) is 0 Å². The van der Waals surface area contributed by atoms with Gasteiger partial charge in [0.25, 0.3) is 0 Å². The van der Waals surface area contributed by atoms with E-state index in [0.717, 1.165) is 11.0 Å². The predicted molar refractivity (Wildman–Crippen MR) is 70.0 cm³/mol. The zero-order valence-corrected chi connectivity index (χ0v) is 10.9. The van der Waals surface area contributed by atoms with Crippen molar-refractivity contribution in [2.75, 3.05) is 0 Å². The van der Waals surface area contributed by atoms with Crippen LogP contribution in [0.1, 0.15) is 44.6 Å². The van der Waals surface area contributed by atoms with Crippen molar-refractivity contribution >= 4 is 11.0 Å². The standard InChI is InChI=1S/C15H20O2/c1-10-5-6-13-11(7-10)8-14(17-13)12(16)9-15(2,3)4/h5-8,12,16H,9H2,1-4H3. The van der Waals surface area contributed by atoms with E-state index in [4.69, 9.17) is 4.42 Å². The molecule has 92 valence electrons. The number of hydrogen-bond acceptors (Lipinski definition) is 2. The predicted octanol–water partition coefficient (Wildman–Crippen LogP) is 4.21. The number of benzene rings is 1. The average molecular weight is 232 g/mol. The van der Waals surface area contributed by atoms with E-state index in [9.17, 15) is 5.11 Å². The molecule has 2 aromatic rings. The summed E-state index contributed by atoms with van der Waals surface area (Å²) in [6.45, 7) is 8.40. The van der Waals surface area contributed by atoms with Gasteiger partial charge in [-0.05, 0) is 37.0 Å². The summed E-state index contributed by atoms with van der Waals surface area (Å²) in [4.78, 5) is 0. The lowest BCUT2D eigenvalue weighted by molar-refractivity contribution is 0.102. The van der Waals surface area contributed by atoms with Crippen LogP contribution in [0, 0.1) is 12.3 Å². The largest absolute Gasteiger partial charge is 0.458 e. The third-order valence-corrected chi connectivity index (χ3v) is 2.83. The molecule has 0 aliphatic rings. The Kier molecular flexibility index (Phi) is 3.00. The molecule has 0 fully saturated rings. The smallest absolute Gasteiger partial charge is 0.134 e. The second-order valence-corrected chi connectivity index (χ2v) is 5.97. The molecule has 1 unspecified atom stereocenters. The van der Waals surface area contributed by atoms with Gasteiger partial charge in [0, 0.05) is 5.39 Å². The third-order valence-electron chi connectivity index (χ3n) is 2.83. The second-order valence-electron chi connectivity index (χ2n) is 5.97. The van der Waals surface area contributed by atoms with Crippen molar-refractivity contribution in [1.29, 1.82) is 0 Å². The molecule has 0 aliphatic heterocycles. The Labute approximate surface area is 102 Å². The molecular weight excluding hydrogens is 212 g/mol. The van der Waals surface area contributed by atoms with Gasteiger partial charge in [-0.2, -0.15) is 0 Å². The molecule has 2 nitrogen and oxygen atoms in total. The summed E-state index contributed by atoms with van der Waals surface area (Å²) in [5, 5.41) is 11.2. The molecule has 1 heterocycles. The Hall–Kier alpha value is -1.28. The topological polar surface area (TPSA) is 33.4 Å². The number of rotatable bonds is 2. The maximum absolute atomic E-state index is 10.1. The van der Waals surface area contributed by atoms with Crippen molar-refractivity contribution in [2.45, 2.75) is 40.2 Å². The highest BCUT2D eigenvalue weighted by Gasteiger charge is 2.21. The molecular formula is C15H20O2. The highest BCUT2D eigenvalue weighted by molar-refractivity contribution is 5.78. The Morgan fingerprint density at radius 3 is 2.59 bits per heavy atom. The first-order valence-corrected chi connectivity index (χ1v) is 6.03. The van der Waals surface area contributed by atoms with Crippen LogP contribution < -0.4 is 0 Å². The molecule has 1 N–H and O–H groups in total. The van der Waals surface area contributed by atoms with E-state index >= 15 is 0 Å². The molecule has 1 aromatic carbocycles. The molecule has 1 atom stereocenters. The molecule has 17 heavy (non-hydrogen) atoms. The lowest BCUT2D eigenvalue weighted by Gasteiger charge is -2.20. The molecule has 1 aromatic heterocycles. The fraction of sp³-hybridized carbons (Fsp3) is 0.467. The quantitative estimate of drug-likeness (QED) is 0.841. The van der Waals surface area contributed by atoms with Crippen molar-refractivity contribution in [3.8, 4) is 0 Å². The summed E-state index contributed by atoms with van der Waals surface area (Å²) >= 11 is 0. The van der Waals surface area contributed by atoms with Crippen molar-refractivity contribution in [3.05, 3.63) is 35.6 Å². The van der Waals surface area contributed by atoms with Gasteiger partial charge in [0.15, 0.2) is 0 Å². The Morgan fingerprint density at radius 2 is 1.94 bits per heavy atom. The van der Waals surface area contributed by atoms with Gasteiger partial charge in [-0.15, -0.1) is 0 Å². The first kappa shape index (κ1) is 12.2. The molecule has 0 bridgehead atoms. The maximum Gasteiger partial charge on any atom is 0.134 e. The van der Waals surface area contributed by atoms with E-state index in [1.165, 1.54) is 5.56 Å². The zero-order chi connectivity index (χ0) is 12.6. The van der Waals surface area contributed by atoms with E-state index in [-0.39, 0.29) is 5.41 Å². The number of aliphatic hydroxyl groups excluding tert-OH is 1. The van der Waals surface area contributed by atoms with E-state index in [1.54, 1.807) is 0 Å². The van der Waals surface area contributed by atoms with Crippen LogP contribution in [0.5, 0.6) is 0 Å². The van der Waals surface area contributed by atoms with Crippen molar-refractivity contribution in [3.63, 3.8) is 0 Å². The minimum Gasteiger partial charge on any atom is -0.458 e. The molecule has 0 aliphatic carbocycles. The first-order valence-electron chi connectivity index (χ1n) is 6.03. The van der Waals surface area contributed by atoms with Gasteiger partial charge in [0.05, 0.1) is 0 Å². The first-order chi connectivity index (χ1) is 7.85. The molecule has 0 amide bonds. The monoisotopic (exact) mass is 232 g/mol. The fourth-order valence-corrected chi connectivity index (χ4v) is 2.03. The number of fused-ring (bicyclic) bond motifs is 1. The Bertz CT molecular complexity index is 517. The molecule has 0 radical (unpaired) electrons. The normalized spacial score (nSPS) is 14.2. The van der Waals surface area contributed by atoms with Gasteiger partial charge >= 0.3 is 0 Å². The van der Waals surface area contributed by atoms with Gasteiger partial charge in [0.2, 0.25) is 0 Å². The molecule has 0 saturated heterocycles. The lowest BCUT2D eigenvalue weighted by atomic mass is 9.88. The SMILES string of the molecule is Cc1ccc2oc(C(O)CC(C)(C)C)cc2c1. The van der Waals surface area contributed by atoms with Crippen LogP contribution in [-0.2, 0) is 0 Å². The second kappa shape index (κ2) is 4.19. The van der Waals surface area contributed by atoms with Gasteiger partial charge in [-0.25, -0.2) is 0 Å². The molecule has 2 rings (SSSR count). The highest BCUT2D eigenvalue weighted by atomic mass is 16.4. The highest BCUT2D eigenvalue weighted by Crippen LogP contribution is 2.32. The summed E-state index contributed by atoms with van der Waals surface area (Å²) in [5.41, 5.74) is 2.14. The average Bonchev–Trinajstić information content (AvgIpc) is 2.57. The summed E-state index contributed by atoms with van der Waals surface area (Å²) in [5.74, 6) is 0.667. The minimum atomic E-state index is -0.525. The van der Waals surface area contributed by atoms with Crippen molar-refractivity contribution in [2.24, 2.45) is 5.41 Å². The number of hydrogen-bond donors (Lipinski definition) is 1. The number of furan rings is 1. The van der Waals surface area contributed by atoms with E-state index in [2.05, 4.69) is 33.8 Å².